The fourth-order valence-corrected chi connectivity index (χ4v) is 8.32. The summed E-state index contributed by atoms with van der Waals surface area (Å²) in [5.74, 6) is 0.286. The number of hydrogen-bond donors (Lipinski definition) is 1. The van der Waals surface area contributed by atoms with Gasteiger partial charge in [-0.2, -0.15) is 0 Å². The standard InChI is InChI=1S/C30H24NS2.C15H28O2.Ir/c1-18-13-20-9-10-21(16-27(20)32-18)28-17-24-26(33-28)11-12-31-29(24)22-14-19-7-5-6-8-23(19)25(15-22)30(2,3)4;1-7-14(5,8-2)12(16)11-13(17)15(6,9-3)10-4;/h5-13,15-17H,1-4H3;11,16H,7-10H2,1-6H3;/q-1;;/b;12-11-;. The molecule has 0 saturated carbocycles. The Kier molecular flexibility index (Phi) is 12.9. The average Bonchev–Trinajstić information content (AvgIpc) is 3.72. The van der Waals surface area contributed by atoms with Crippen LogP contribution >= 0.6 is 22.7 Å². The fourth-order valence-electron chi connectivity index (χ4n) is 6.30. The first kappa shape index (κ1) is 40.6. The van der Waals surface area contributed by atoms with Gasteiger partial charge in [-0.3, -0.25) is 9.78 Å². The molecular formula is C45H52IrNO2S2-. The van der Waals surface area contributed by atoms with Crippen LogP contribution in [0.1, 0.15) is 98.4 Å². The smallest absolute Gasteiger partial charge is 0.164 e. The van der Waals surface area contributed by atoms with Gasteiger partial charge in [0.1, 0.15) is 5.76 Å². The van der Waals surface area contributed by atoms with Crippen LogP contribution in [0.4, 0.5) is 0 Å². The minimum Gasteiger partial charge on any atom is -0.512 e. The third-order valence-electron chi connectivity index (χ3n) is 10.8. The largest absolute Gasteiger partial charge is 0.512 e. The summed E-state index contributed by atoms with van der Waals surface area (Å²) in [6.07, 6.45) is 6.69. The number of nitrogens with zero attached hydrogens (tertiary/aromatic N) is 1. The molecule has 0 unspecified atom stereocenters. The molecule has 6 heteroatoms. The van der Waals surface area contributed by atoms with Crippen molar-refractivity contribution in [3.8, 4) is 21.7 Å². The van der Waals surface area contributed by atoms with E-state index in [1.54, 1.807) is 0 Å². The fraction of sp³-hybridized carbons (Fsp3) is 0.378. The molecule has 6 aromatic rings. The van der Waals surface area contributed by atoms with Crippen LogP contribution in [0.25, 0.3) is 52.6 Å². The van der Waals surface area contributed by atoms with Crippen molar-refractivity contribution < 1.29 is 30.0 Å². The van der Waals surface area contributed by atoms with Crippen LogP contribution in [0, 0.1) is 23.8 Å². The van der Waals surface area contributed by atoms with E-state index in [9.17, 15) is 9.90 Å². The number of rotatable bonds is 9. The number of allylic oxidation sites excluding steroid dienone is 2. The van der Waals surface area contributed by atoms with Crippen molar-refractivity contribution in [1.82, 2.24) is 4.98 Å². The number of carbonyl (C=O) groups is 1. The van der Waals surface area contributed by atoms with E-state index in [2.05, 4.69) is 100 Å². The van der Waals surface area contributed by atoms with Crippen molar-refractivity contribution in [2.24, 2.45) is 10.8 Å². The Morgan fingerprint density at radius 3 is 2.12 bits per heavy atom. The summed E-state index contributed by atoms with van der Waals surface area (Å²) in [7, 11) is 0. The third kappa shape index (κ3) is 8.57. The zero-order valence-corrected chi connectivity index (χ0v) is 35.8. The number of thiophene rings is 2. The number of hydrogen-bond acceptors (Lipinski definition) is 5. The maximum absolute atomic E-state index is 12.2. The molecule has 0 aliphatic rings. The van der Waals surface area contributed by atoms with Crippen LogP contribution < -0.4 is 0 Å². The second kappa shape index (κ2) is 16.3. The van der Waals surface area contributed by atoms with Gasteiger partial charge in [0.15, 0.2) is 5.78 Å². The predicted octanol–water partition coefficient (Wildman–Crippen LogP) is 14.1. The van der Waals surface area contributed by atoms with E-state index in [1.807, 2.05) is 70.4 Å². The number of pyridine rings is 1. The van der Waals surface area contributed by atoms with Crippen LogP contribution in [0.5, 0.6) is 0 Å². The Balaban J connectivity index is 0.000000279. The molecule has 0 atom stereocenters. The number of ketones is 1. The molecule has 0 amide bonds. The molecule has 3 nitrogen and oxygen atoms in total. The number of fused-ring (bicyclic) bond motifs is 3. The van der Waals surface area contributed by atoms with E-state index in [-0.39, 0.29) is 47.9 Å². The van der Waals surface area contributed by atoms with Gasteiger partial charge in [0, 0.05) is 68.1 Å². The van der Waals surface area contributed by atoms with Gasteiger partial charge in [-0.25, -0.2) is 0 Å². The molecule has 3 heterocycles. The van der Waals surface area contributed by atoms with Crippen LogP contribution in [0.3, 0.4) is 0 Å². The van der Waals surface area contributed by atoms with Crippen molar-refractivity contribution >= 4 is 59.4 Å². The number of benzene rings is 3. The Labute approximate surface area is 326 Å². The molecule has 6 rings (SSSR count). The molecule has 0 fully saturated rings. The summed E-state index contributed by atoms with van der Waals surface area (Å²) in [5, 5.41) is 15.1. The van der Waals surface area contributed by atoms with E-state index in [0.717, 1.165) is 42.3 Å². The Bertz CT molecular complexity index is 2170. The van der Waals surface area contributed by atoms with Gasteiger partial charge in [-0.15, -0.1) is 51.8 Å². The maximum Gasteiger partial charge on any atom is 0.164 e. The molecule has 0 bridgehead atoms. The van der Waals surface area contributed by atoms with Gasteiger partial charge in [-0.05, 0) is 78.6 Å². The van der Waals surface area contributed by atoms with Crippen molar-refractivity contribution in [2.75, 3.05) is 0 Å². The second-order valence-electron chi connectivity index (χ2n) is 15.1. The Morgan fingerprint density at radius 2 is 1.47 bits per heavy atom. The summed E-state index contributed by atoms with van der Waals surface area (Å²) >= 11 is 3.70. The van der Waals surface area contributed by atoms with Crippen LogP contribution in [-0.4, -0.2) is 15.9 Å². The van der Waals surface area contributed by atoms with Crippen LogP contribution in [-0.2, 0) is 30.3 Å². The van der Waals surface area contributed by atoms with Crippen molar-refractivity contribution in [2.45, 2.75) is 100 Å². The molecule has 3 aromatic heterocycles. The van der Waals surface area contributed by atoms with Gasteiger partial charge in [-0.1, -0.05) is 104 Å². The maximum atomic E-state index is 12.2. The average molecular weight is 895 g/mol. The Hall–Kier alpha value is -3.15. The van der Waals surface area contributed by atoms with Gasteiger partial charge in [0.25, 0.3) is 0 Å². The summed E-state index contributed by atoms with van der Waals surface area (Å²) in [5.41, 5.74) is 4.12. The van der Waals surface area contributed by atoms with Crippen LogP contribution in [0.15, 0.2) is 84.8 Å². The molecule has 1 N–H and O–H groups in total. The third-order valence-corrected chi connectivity index (χ3v) is 13.0. The van der Waals surface area contributed by atoms with E-state index < -0.39 is 0 Å². The number of aromatic nitrogens is 1. The van der Waals surface area contributed by atoms with Gasteiger partial charge in [0.05, 0.1) is 0 Å². The summed E-state index contributed by atoms with van der Waals surface area (Å²) in [6, 6.07) is 28.0. The molecule has 1 radical (unpaired) electrons. The molecule has 0 spiro atoms. The first-order valence-corrected chi connectivity index (χ1v) is 19.6. The molecule has 0 saturated heterocycles. The monoisotopic (exact) mass is 895 g/mol. The number of aliphatic hydroxyl groups is 1. The van der Waals surface area contributed by atoms with Crippen molar-refractivity contribution in [1.29, 1.82) is 0 Å². The van der Waals surface area contributed by atoms with Gasteiger partial charge >= 0.3 is 0 Å². The first-order valence-electron chi connectivity index (χ1n) is 18.0. The van der Waals surface area contributed by atoms with Crippen molar-refractivity contribution in [3.05, 3.63) is 101 Å². The molecular weight excluding hydrogens is 843 g/mol. The normalized spacial score (nSPS) is 12.5. The van der Waals surface area contributed by atoms with Crippen molar-refractivity contribution in [3.63, 3.8) is 0 Å². The molecule has 3 aromatic carbocycles. The zero-order valence-electron chi connectivity index (χ0n) is 31.8. The zero-order chi connectivity index (χ0) is 36.4. The molecule has 0 aliphatic heterocycles. The quantitative estimate of drug-likeness (QED) is 0.0894. The SMILES string of the molecule is CCC(C)(CC)C(=O)/C=C(\O)C(C)(CC)CC.Cc1cc2ccc(-c3cc4c(-c5[c-]c6ccccc6c(C(C)(C)C)c5)nccc4s3)cc2s1.[Ir]. The minimum absolute atomic E-state index is 0. The van der Waals surface area contributed by atoms with Gasteiger partial charge < -0.3 is 5.11 Å². The topological polar surface area (TPSA) is 50.2 Å². The van der Waals surface area contributed by atoms with E-state index in [4.69, 9.17) is 4.98 Å². The summed E-state index contributed by atoms with van der Waals surface area (Å²) < 4.78 is 2.61. The Morgan fingerprint density at radius 1 is 0.804 bits per heavy atom. The van der Waals surface area contributed by atoms with Gasteiger partial charge in [0.2, 0.25) is 0 Å². The summed E-state index contributed by atoms with van der Waals surface area (Å²) in [6.45, 7) is 21.1. The minimum atomic E-state index is -0.337. The second-order valence-corrected chi connectivity index (χ2v) is 17.5. The number of aliphatic hydroxyl groups excluding tert-OH is 1. The van der Waals surface area contributed by atoms with Crippen LogP contribution in [0.2, 0.25) is 0 Å². The number of carbonyl (C=O) groups excluding carboxylic acids is 1. The molecule has 271 valence electrons. The number of aryl methyl sites for hydroxylation is 1. The van der Waals surface area contributed by atoms with E-state index in [0.29, 0.717) is 0 Å². The summed E-state index contributed by atoms with van der Waals surface area (Å²) in [4.78, 5) is 19.7. The predicted molar refractivity (Wildman–Crippen MR) is 219 cm³/mol. The van der Waals surface area contributed by atoms with E-state index in [1.165, 1.54) is 52.5 Å². The molecule has 0 aliphatic carbocycles. The van der Waals surface area contributed by atoms with E-state index >= 15 is 0 Å². The first-order chi connectivity index (χ1) is 23.7. The molecule has 51 heavy (non-hydrogen) atoms.